The van der Waals surface area contributed by atoms with E-state index in [2.05, 4.69) is 10.6 Å². The molecular weight excluding hydrogens is 228 g/mol. The smallest absolute Gasteiger partial charge is 0.315 e. The number of rotatable bonds is 5. The topological polar surface area (TPSA) is 78.4 Å². The van der Waals surface area contributed by atoms with Gasteiger partial charge >= 0.3 is 12.0 Å². The van der Waals surface area contributed by atoms with E-state index < -0.39 is 25.1 Å². The van der Waals surface area contributed by atoms with Crippen LogP contribution in [0.1, 0.15) is 32.4 Å². The fourth-order valence-electron chi connectivity index (χ4n) is 1.88. The first-order valence-corrected chi connectivity index (χ1v) is 5.96. The average Bonchev–Trinajstić information content (AvgIpc) is 2.89. The maximum atomic E-state index is 11.2. The summed E-state index contributed by atoms with van der Waals surface area (Å²) in [5, 5.41) is 14.0. The molecule has 2 saturated heterocycles. The molecule has 0 bridgehead atoms. The number of carboxylic acids is 1. The lowest BCUT2D eigenvalue weighted by atomic mass is 10.0. The summed E-state index contributed by atoms with van der Waals surface area (Å²) in [6.07, 6.45) is -7.54. The molecule has 5 nitrogen and oxygen atoms in total. The molecule has 2 fully saturated rings. The molecular formula is C10H16N2O3S. The fraction of sp³-hybridized carbons (Fsp3) is 0.800. The third-order valence-corrected chi connectivity index (χ3v) is 4.03. The number of carbonyl (C=O) groups is 2. The summed E-state index contributed by atoms with van der Waals surface area (Å²) < 4.78 is 37.9. The van der Waals surface area contributed by atoms with Crippen LogP contribution in [0.2, 0.25) is 0 Å². The largest absolute Gasteiger partial charge is 0.481 e. The zero-order valence-electron chi connectivity index (χ0n) is 13.4. The Morgan fingerprint density at radius 2 is 2.44 bits per heavy atom. The Kier molecular flexibility index (Phi) is 2.08. The van der Waals surface area contributed by atoms with Crippen molar-refractivity contribution in [2.75, 3.05) is 5.75 Å². The van der Waals surface area contributed by atoms with E-state index in [9.17, 15) is 9.59 Å². The van der Waals surface area contributed by atoms with Gasteiger partial charge in [0.25, 0.3) is 0 Å². The van der Waals surface area contributed by atoms with Crippen molar-refractivity contribution in [2.24, 2.45) is 0 Å². The number of carboxylic acid groups (broad SMARTS) is 1. The van der Waals surface area contributed by atoms with Gasteiger partial charge in [0.2, 0.25) is 0 Å². The van der Waals surface area contributed by atoms with Crippen molar-refractivity contribution >= 4 is 23.8 Å². The van der Waals surface area contributed by atoms with Gasteiger partial charge < -0.3 is 15.7 Å². The van der Waals surface area contributed by atoms with E-state index in [4.69, 9.17) is 12.0 Å². The normalized spacial score (nSPS) is 40.4. The summed E-state index contributed by atoms with van der Waals surface area (Å²) in [6.45, 7) is 0. The second-order valence-corrected chi connectivity index (χ2v) is 4.91. The van der Waals surface area contributed by atoms with Crippen molar-refractivity contribution in [3.8, 4) is 0 Å². The number of fused-ring (bicyclic) bond motifs is 1. The quantitative estimate of drug-likeness (QED) is 0.630. The highest BCUT2D eigenvalue weighted by molar-refractivity contribution is 8.00. The Balaban J connectivity index is 2.06. The third kappa shape index (κ3) is 2.61. The van der Waals surface area contributed by atoms with Crippen LogP contribution in [0.5, 0.6) is 0 Å². The predicted octanol–water partition coefficient (Wildman–Crippen LogP) is 0.797. The number of aliphatic carboxylic acids is 1. The zero-order valence-corrected chi connectivity index (χ0v) is 9.21. The molecule has 0 aliphatic carbocycles. The van der Waals surface area contributed by atoms with Crippen molar-refractivity contribution in [1.82, 2.24) is 10.6 Å². The SMILES string of the molecule is [2H]C(C[C@@H]1SC[C@@H]2NC(=O)N[C@@H]21)C([2H])([2H])C([2H])([2H])C(=O)O. The van der Waals surface area contributed by atoms with Gasteiger partial charge in [-0.25, -0.2) is 4.79 Å². The molecule has 2 aliphatic heterocycles. The Hall–Kier alpha value is -0.910. The molecule has 16 heavy (non-hydrogen) atoms. The molecule has 2 amide bonds. The zero-order chi connectivity index (χ0) is 16.0. The van der Waals surface area contributed by atoms with E-state index in [1.165, 1.54) is 11.8 Å². The number of carbonyl (C=O) groups excluding carboxylic acids is 1. The Morgan fingerprint density at radius 1 is 1.62 bits per heavy atom. The van der Waals surface area contributed by atoms with Gasteiger partial charge in [0, 0.05) is 24.2 Å². The van der Waals surface area contributed by atoms with Gasteiger partial charge in [-0.05, 0) is 12.8 Å². The summed E-state index contributed by atoms with van der Waals surface area (Å²) >= 11 is 1.47. The minimum Gasteiger partial charge on any atom is -0.481 e. The monoisotopic (exact) mass is 249 g/mol. The van der Waals surface area contributed by atoms with Crippen LogP contribution in [-0.4, -0.2) is 40.2 Å². The van der Waals surface area contributed by atoms with E-state index in [0.29, 0.717) is 5.75 Å². The van der Waals surface area contributed by atoms with Gasteiger partial charge in [-0.15, -0.1) is 0 Å². The maximum absolute atomic E-state index is 11.2. The van der Waals surface area contributed by atoms with Crippen LogP contribution in [0.3, 0.4) is 0 Å². The van der Waals surface area contributed by atoms with Crippen molar-refractivity contribution in [3.63, 3.8) is 0 Å². The lowest BCUT2D eigenvalue weighted by Gasteiger charge is -2.16. The Bertz CT molecular complexity index is 464. The summed E-state index contributed by atoms with van der Waals surface area (Å²) in [6, 6.07) is -0.621. The Labute approximate surface area is 105 Å². The van der Waals surface area contributed by atoms with Crippen LogP contribution >= 0.6 is 11.8 Å². The second kappa shape index (κ2) is 4.95. The first kappa shape index (κ1) is 6.74. The number of nitrogens with one attached hydrogen (secondary N) is 2. The highest BCUT2D eigenvalue weighted by Crippen LogP contribution is 2.33. The van der Waals surface area contributed by atoms with Crippen LogP contribution in [0.4, 0.5) is 4.79 Å². The molecule has 0 aromatic rings. The number of thioether (sulfide) groups is 1. The number of hydrogen-bond donors (Lipinski definition) is 3. The number of hydrogen-bond acceptors (Lipinski definition) is 3. The molecule has 6 heteroatoms. The molecule has 0 aromatic carbocycles. The Morgan fingerprint density at radius 3 is 3.19 bits per heavy atom. The maximum Gasteiger partial charge on any atom is 0.315 e. The van der Waals surface area contributed by atoms with Crippen molar-refractivity contribution in [2.45, 2.75) is 42.9 Å². The average molecular weight is 249 g/mol. The molecule has 2 heterocycles. The molecule has 0 spiro atoms. The fourth-order valence-corrected chi connectivity index (χ4v) is 3.33. The van der Waals surface area contributed by atoms with Crippen molar-refractivity contribution < 1.29 is 21.5 Å². The standard InChI is InChI=1S/C10H16N2O3S/c13-8(14)4-2-1-3-7-9-6(5-16-7)11-10(15)12-9/h6-7,9H,1-5H2,(H,13,14)(H2,11,12,15)/t6-,7-,9-/m0/s1/i1D,2D2,4D2/t1?,6-,7-,9-. The van der Waals surface area contributed by atoms with Gasteiger partial charge in [0.05, 0.1) is 12.1 Å². The van der Waals surface area contributed by atoms with Crippen LogP contribution in [0.25, 0.3) is 0 Å². The summed E-state index contributed by atoms with van der Waals surface area (Å²) in [7, 11) is 0. The molecule has 3 N–H and O–H groups in total. The van der Waals surface area contributed by atoms with Crippen molar-refractivity contribution in [1.29, 1.82) is 0 Å². The molecule has 0 aromatic heterocycles. The molecule has 2 aliphatic rings. The molecule has 1 unspecified atom stereocenters. The molecule has 0 saturated carbocycles. The molecule has 2 rings (SSSR count). The minimum atomic E-state index is -3.14. The van der Waals surface area contributed by atoms with E-state index >= 15 is 0 Å². The summed E-state index contributed by atoms with van der Waals surface area (Å²) in [4.78, 5) is 22.1. The van der Waals surface area contributed by atoms with Gasteiger partial charge in [-0.3, -0.25) is 4.79 Å². The summed E-state index contributed by atoms with van der Waals surface area (Å²) in [5.74, 6) is -1.28. The third-order valence-electron chi connectivity index (χ3n) is 2.57. The number of urea groups is 1. The number of amides is 2. The van der Waals surface area contributed by atoms with Crippen LogP contribution in [0.15, 0.2) is 0 Å². The van der Waals surface area contributed by atoms with E-state index in [-0.39, 0.29) is 29.8 Å². The summed E-state index contributed by atoms with van der Waals surface area (Å²) in [5.41, 5.74) is 0. The molecule has 0 radical (unpaired) electrons. The van der Waals surface area contributed by atoms with Crippen LogP contribution in [-0.2, 0) is 4.79 Å². The first-order chi connectivity index (χ1) is 9.57. The highest BCUT2D eigenvalue weighted by Gasteiger charge is 2.42. The van der Waals surface area contributed by atoms with E-state index in [1.54, 1.807) is 0 Å². The van der Waals surface area contributed by atoms with Crippen LogP contribution in [0, 0.1) is 0 Å². The van der Waals surface area contributed by atoms with Crippen molar-refractivity contribution in [3.05, 3.63) is 0 Å². The minimum absolute atomic E-state index is 0.0341. The highest BCUT2D eigenvalue weighted by atomic mass is 32.2. The van der Waals surface area contributed by atoms with Gasteiger partial charge in [-0.2, -0.15) is 11.8 Å². The lowest BCUT2D eigenvalue weighted by molar-refractivity contribution is -0.137. The van der Waals surface area contributed by atoms with E-state index in [1.807, 2.05) is 0 Å². The van der Waals surface area contributed by atoms with Gasteiger partial charge in [0.1, 0.15) is 0 Å². The molecule has 90 valence electrons. The van der Waals surface area contributed by atoms with Crippen LogP contribution < -0.4 is 10.6 Å². The van der Waals surface area contributed by atoms with E-state index in [0.717, 1.165) is 0 Å². The first-order valence-electron chi connectivity index (χ1n) is 7.49. The van der Waals surface area contributed by atoms with Gasteiger partial charge in [-0.1, -0.05) is 6.40 Å². The van der Waals surface area contributed by atoms with Gasteiger partial charge in [0.15, 0.2) is 0 Å². The predicted molar refractivity (Wildman–Crippen MR) is 61.6 cm³/mol. The molecule has 4 atom stereocenters. The second-order valence-electron chi connectivity index (χ2n) is 3.64. The lowest BCUT2D eigenvalue weighted by Crippen LogP contribution is -2.36.